The monoisotopic (exact) mass is 416 g/mol. The minimum Gasteiger partial charge on any atom is -0.358 e. The number of thiocarbonyl (C=S) groups is 2. The molecule has 0 unspecified atom stereocenters. The summed E-state index contributed by atoms with van der Waals surface area (Å²) < 4.78 is 0.642. The molecule has 1 aliphatic carbocycles. The second-order valence-electron chi connectivity index (χ2n) is 7.08. The lowest BCUT2D eigenvalue weighted by Gasteiger charge is -2.35. The molecule has 1 heterocycles. The number of hydrogen-bond donors (Lipinski definition) is 3. The highest BCUT2D eigenvalue weighted by atomic mass is 32.2. The summed E-state index contributed by atoms with van der Waals surface area (Å²) in [4.78, 5) is 25.1. The molecule has 26 heavy (non-hydrogen) atoms. The van der Waals surface area contributed by atoms with Crippen LogP contribution in [-0.2, 0) is 9.59 Å². The second-order valence-corrected chi connectivity index (χ2v) is 9.09. The van der Waals surface area contributed by atoms with E-state index in [9.17, 15) is 9.59 Å². The summed E-state index contributed by atoms with van der Waals surface area (Å²) in [5.74, 6) is 1.65. The lowest BCUT2D eigenvalue weighted by molar-refractivity contribution is -0.124. The highest BCUT2D eigenvalue weighted by Gasteiger charge is 2.27. The van der Waals surface area contributed by atoms with E-state index in [1.165, 1.54) is 24.6 Å². The van der Waals surface area contributed by atoms with Crippen molar-refractivity contribution in [3.8, 4) is 0 Å². The van der Waals surface area contributed by atoms with Crippen molar-refractivity contribution in [3.63, 3.8) is 0 Å². The largest absolute Gasteiger partial charge is 0.358 e. The van der Waals surface area contributed by atoms with Gasteiger partial charge in [0.1, 0.15) is 4.32 Å². The van der Waals surface area contributed by atoms with Gasteiger partial charge in [-0.1, -0.05) is 50.7 Å². The summed E-state index contributed by atoms with van der Waals surface area (Å²) in [7, 11) is 0. The Bertz CT molecular complexity index is 542. The van der Waals surface area contributed by atoms with Gasteiger partial charge in [0.15, 0.2) is 5.11 Å². The summed E-state index contributed by atoms with van der Waals surface area (Å²) in [6.45, 7) is 5.11. The van der Waals surface area contributed by atoms with Gasteiger partial charge in [0.2, 0.25) is 11.8 Å². The van der Waals surface area contributed by atoms with E-state index in [2.05, 4.69) is 30.0 Å². The molecule has 2 rings (SSSR count). The van der Waals surface area contributed by atoms with Crippen molar-refractivity contribution >= 4 is 57.4 Å². The molecule has 146 valence electrons. The van der Waals surface area contributed by atoms with Gasteiger partial charge in [-0.15, -0.1) is 0 Å². The maximum atomic E-state index is 11.9. The van der Waals surface area contributed by atoms with Crippen LogP contribution in [0.4, 0.5) is 0 Å². The van der Waals surface area contributed by atoms with E-state index in [1.807, 2.05) is 0 Å². The number of thioether (sulfide) groups is 1. The molecular formula is C17H28N4O2S3. The van der Waals surface area contributed by atoms with E-state index in [-0.39, 0.29) is 11.8 Å². The highest BCUT2D eigenvalue weighted by Crippen LogP contribution is 2.29. The predicted octanol–water partition coefficient (Wildman–Crippen LogP) is 2.34. The fraction of sp³-hybridized carbons (Fsp3) is 0.765. The normalized spacial score (nSPS) is 25.9. The number of amides is 2. The van der Waals surface area contributed by atoms with Gasteiger partial charge >= 0.3 is 0 Å². The van der Waals surface area contributed by atoms with Crippen LogP contribution in [-0.4, -0.2) is 44.5 Å². The van der Waals surface area contributed by atoms with E-state index in [0.717, 1.165) is 12.8 Å². The van der Waals surface area contributed by atoms with Crippen molar-refractivity contribution in [2.24, 2.45) is 11.8 Å². The maximum Gasteiger partial charge on any atom is 0.238 e. The van der Waals surface area contributed by atoms with Crippen LogP contribution >= 0.6 is 36.2 Å². The van der Waals surface area contributed by atoms with Crippen molar-refractivity contribution in [1.82, 2.24) is 21.1 Å². The molecular weight excluding hydrogens is 388 g/mol. The van der Waals surface area contributed by atoms with Crippen LogP contribution in [0.1, 0.15) is 52.4 Å². The molecule has 0 spiro atoms. The van der Waals surface area contributed by atoms with Crippen LogP contribution in [0.3, 0.4) is 0 Å². The summed E-state index contributed by atoms with van der Waals surface area (Å²) in [5, 5.41) is 3.78. The molecule has 9 heteroatoms. The zero-order valence-corrected chi connectivity index (χ0v) is 17.8. The fourth-order valence-corrected chi connectivity index (χ4v) is 4.66. The molecule has 0 aromatic heterocycles. The van der Waals surface area contributed by atoms with E-state index >= 15 is 0 Å². The molecule has 0 radical (unpaired) electrons. The summed E-state index contributed by atoms with van der Waals surface area (Å²) >= 11 is 11.8. The van der Waals surface area contributed by atoms with Crippen molar-refractivity contribution in [2.45, 2.75) is 58.4 Å². The van der Waals surface area contributed by atoms with Crippen LogP contribution < -0.4 is 16.2 Å². The number of hydrogen-bond acceptors (Lipinski definition) is 5. The number of carbonyl (C=O) groups excluding carboxylic acids is 2. The maximum absolute atomic E-state index is 11.9. The van der Waals surface area contributed by atoms with Gasteiger partial charge < -0.3 is 5.32 Å². The quantitative estimate of drug-likeness (QED) is 0.349. The third kappa shape index (κ3) is 6.35. The smallest absolute Gasteiger partial charge is 0.238 e. The number of unbranched alkanes of at least 4 members (excludes halogenated alkanes) is 1. The Kier molecular flexibility index (Phi) is 8.56. The fourth-order valence-electron chi connectivity index (χ4n) is 3.33. The molecule has 2 aliphatic rings. The third-order valence-electron chi connectivity index (χ3n) is 5.21. The number of carbonyl (C=O) groups is 2. The summed E-state index contributed by atoms with van der Waals surface area (Å²) in [6, 6.07) is 0.357. The van der Waals surface area contributed by atoms with Crippen LogP contribution in [0.2, 0.25) is 0 Å². The highest BCUT2D eigenvalue weighted by molar-refractivity contribution is 8.23. The molecule has 1 saturated heterocycles. The molecule has 0 bridgehead atoms. The Hall–Kier alpha value is -0.930. The van der Waals surface area contributed by atoms with Gasteiger partial charge in [-0.05, 0) is 43.3 Å². The first kappa shape index (κ1) is 21.4. The van der Waals surface area contributed by atoms with Crippen LogP contribution in [0.15, 0.2) is 0 Å². The lowest BCUT2D eigenvalue weighted by Crippen LogP contribution is -2.52. The molecule has 0 aromatic rings. The zero-order chi connectivity index (χ0) is 19.1. The number of hydrazine groups is 1. The molecule has 6 nitrogen and oxygen atoms in total. The van der Waals surface area contributed by atoms with Crippen molar-refractivity contribution in [3.05, 3.63) is 0 Å². The van der Waals surface area contributed by atoms with Crippen molar-refractivity contribution in [2.75, 3.05) is 12.3 Å². The van der Waals surface area contributed by atoms with Gasteiger partial charge in [-0.25, -0.2) is 0 Å². The van der Waals surface area contributed by atoms with Crippen LogP contribution in [0.25, 0.3) is 0 Å². The molecule has 2 amide bonds. The molecule has 0 aromatic carbocycles. The topological polar surface area (TPSA) is 73.5 Å². The van der Waals surface area contributed by atoms with E-state index in [0.29, 0.717) is 52.4 Å². The van der Waals surface area contributed by atoms with Gasteiger partial charge in [-0.3, -0.25) is 25.3 Å². The molecule has 1 aliphatic heterocycles. The number of nitrogens with one attached hydrogen (secondary N) is 3. The predicted molar refractivity (Wildman–Crippen MR) is 114 cm³/mol. The third-order valence-corrected chi connectivity index (χ3v) is 6.87. The Morgan fingerprint density at radius 3 is 2.73 bits per heavy atom. The van der Waals surface area contributed by atoms with E-state index < -0.39 is 0 Å². The van der Waals surface area contributed by atoms with Crippen molar-refractivity contribution < 1.29 is 9.59 Å². The first-order valence-corrected chi connectivity index (χ1v) is 11.0. The standard InChI is InChI=1S/C17H28N4O2S3/c1-11-6-5-7-13(12(11)2)18-16(24)20-19-14(22)8-3-4-9-21-15(23)10-26-17(21)25/h11-13H,3-10H2,1-2H3,(H,19,22)(H2,18,20,24)/t11-,12+,13+/m0/s1. The second kappa shape index (κ2) is 10.4. The van der Waals surface area contributed by atoms with Crippen LogP contribution in [0, 0.1) is 11.8 Å². The van der Waals surface area contributed by atoms with Gasteiger partial charge in [-0.2, -0.15) is 0 Å². The SMILES string of the molecule is C[C@@H]1[C@@H](C)CCC[C@H]1NC(=S)NNC(=O)CCCCN1C(=O)CSC1=S. The average molecular weight is 417 g/mol. The molecule has 2 fully saturated rings. The first-order chi connectivity index (χ1) is 12.4. The zero-order valence-electron chi connectivity index (χ0n) is 15.4. The minimum atomic E-state index is -0.107. The molecule has 1 saturated carbocycles. The van der Waals surface area contributed by atoms with E-state index in [4.69, 9.17) is 24.4 Å². The summed E-state index contributed by atoms with van der Waals surface area (Å²) in [5.41, 5.74) is 5.43. The van der Waals surface area contributed by atoms with Gasteiger partial charge in [0, 0.05) is 19.0 Å². The Morgan fingerprint density at radius 2 is 2.04 bits per heavy atom. The number of nitrogens with zero attached hydrogens (tertiary/aromatic N) is 1. The Labute approximate surface area is 170 Å². The van der Waals surface area contributed by atoms with Gasteiger partial charge in [0.05, 0.1) is 5.75 Å². The van der Waals surface area contributed by atoms with Gasteiger partial charge in [0.25, 0.3) is 0 Å². The summed E-state index contributed by atoms with van der Waals surface area (Å²) in [6.07, 6.45) is 5.41. The lowest BCUT2D eigenvalue weighted by atomic mass is 9.78. The van der Waals surface area contributed by atoms with Crippen molar-refractivity contribution in [1.29, 1.82) is 0 Å². The number of rotatable bonds is 6. The molecule has 3 atom stereocenters. The Morgan fingerprint density at radius 1 is 1.27 bits per heavy atom. The first-order valence-electron chi connectivity index (χ1n) is 9.21. The minimum absolute atomic E-state index is 0.0637. The molecule has 3 N–H and O–H groups in total. The Balaban J connectivity index is 1.57. The average Bonchev–Trinajstić information content (AvgIpc) is 2.92. The van der Waals surface area contributed by atoms with Crippen LogP contribution in [0.5, 0.6) is 0 Å². The van der Waals surface area contributed by atoms with E-state index in [1.54, 1.807) is 4.90 Å².